The van der Waals surface area contributed by atoms with Crippen LogP contribution in [0.4, 0.5) is 10.1 Å². The summed E-state index contributed by atoms with van der Waals surface area (Å²) >= 11 is 0. The quantitative estimate of drug-likeness (QED) is 0.896. The molecule has 0 spiro atoms. The molecule has 1 N–H and O–H groups in total. The summed E-state index contributed by atoms with van der Waals surface area (Å²) in [7, 11) is 0. The molecule has 1 aliphatic heterocycles. The van der Waals surface area contributed by atoms with Crippen LogP contribution < -0.4 is 4.90 Å². The average Bonchev–Trinajstić information content (AvgIpc) is 2.39. The Labute approximate surface area is 115 Å². The molecule has 106 valence electrons. The lowest BCUT2D eigenvalue weighted by Gasteiger charge is -2.41. The molecule has 0 unspecified atom stereocenters. The Morgan fingerprint density at radius 2 is 2.00 bits per heavy atom. The number of rotatable bonds is 3. The molecule has 0 bridgehead atoms. The molecule has 0 aromatic heterocycles. The summed E-state index contributed by atoms with van der Waals surface area (Å²) in [6.07, 6.45) is 2.67. The lowest BCUT2D eigenvalue weighted by Crippen LogP contribution is -2.39. The molecular formula is C16H24FNO. The molecule has 1 aromatic rings. The van der Waals surface area contributed by atoms with Gasteiger partial charge >= 0.3 is 0 Å². The van der Waals surface area contributed by atoms with Gasteiger partial charge in [0.15, 0.2) is 0 Å². The maximum absolute atomic E-state index is 13.9. The van der Waals surface area contributed by atoms with Crippen LogP contribution in [0.1, 0.15) is 51.7 Å². The molecule has 1 atom stereocenters. The number of halogens is 1. The van der Waals surface area contributed by atoms with Gasteiger partial charge in [0.05, 0.1) is 6.10 Å². The number of aliphatic hydroxyl groups excluding tert-OH is 1. The van der Waals surface area contributed by atoms with Gasteiger partial charge in [-0.1, -0.05) is 26.3 Å². The monoisotopic (exact) mass is 265 g/mol. The maximum atomic E-state index is 13.9. The zero-order valence-electron chi connectivity index (χ0n) is 12.1. The molecule has 0 saturated carbocycles. The van der Waals surface area contributed by atoms with Gasteiger partial charge in [0.25, 0.3) is 0 Å². The first kappa shape index (κ1) is 14.3. The average molecular weight is 265 g/mol. The van der Waals surface area contributed by atoms with Crippen LogP contribution in [0.15, 0.2) is 18.2 Å². The fraction of sp³-hybridized carbons (Fsp3) is 0.625. The molecule has 3 heteroatoms. The molecule has 19 heavy (non-hydrogen) atoms. The van der Waals surface area contributed by atoms with E-state index in [4.69, 9.17) is 0 Å². The largest absolute Gasteiger partial charge is 0.389 e. The third kappa shape index (κ3) is 2.92. The van der Waals surface area contributed by atoms with E-state index < -0.39 is 6.10 Å². The van der Waals surface area contributed by atoms with Crippen LogP contribution in [-0.4, -0.2) is 18.2 Å². The summed E-state index contributed by atoms with van der Waals surface area (Å²) < 4.78 is 13.9. The fourth-order valence-corrected chi connectivity index (χ4v) is 2.86. The van der Waals surface area contributed by atoms with Gasteiger partial charge in [-0.25, -0.2) is 4.39 Å². The van der Waals surface area contributed by atoms with Gasteiger partial charge < -0.3 is 10.0 Å². The Hall–Kier alpha value is -1.09. The van der Waals surface area contributed by atoms with E-state index in [1.54, 1.807) is 13.0 Å². The van der Waals surface area contributed by atoms with E-state index >= 15 is 0 Å². The van der Waals surface area contributed by atoms with Gasteiger partial charge in [0.2, 0.25) is 0 Å². The van der Waals surface area contributed by atoms with Gasteiger partial charge in [-0.15, -0.1) is 0 Å². The van der Waals surface area contributed by atoms with E-state index in [1.165, 1.54) is 12.5 Å². The summed E-state index contributed by atoms with van der Waals surface area (Å²) in [4.78, 5) is 2.21. The van der Waals surface area contributed by atoms with Gasteiger partial charge in [-0.3, -0.25) is 0 Å². The summed E-state index contributed by atoms with van der Waals surface area (Å²) in [5, 5.41) is 9.80. The molecule has 0 amide bonds. The number of aliphatic hydroxyl groups is 1. The Morgan fingerprint density at radius 3 is 2.53 bits per heavy atom. The summed E-state index contributed by atoms with van der Waals surface area (Å²) in [6, 6.07) is 5.07. The summed E-state index contributed by atoms with van der Waals surface area (Å²) in [5.74, 6) is -0.309. The second kappa shape index (κ2) is 5.49. The van der Waals surface area contributed by atoms with E-state index in [1.807, 2.05) is 6.07 Å². The number of piperidine rings is 1. The van der Waals surface area contributed by atoms with E-state index in [-0.39, 0.29) is 5.82 Å². The summed E-state index contributed by atoms with van der Waals surface area (Å²) in [6.45, 7) is 8.06. The van der Waals surface area contributed by atoms with Crippen molar-refractivity contribution in [3.63, 3.8) is 0 Å². The van der Waals surface area contributed by atoms with Crippen molar-refractivity contribution in [1.82, 2.24) is 0 Å². The van der Waals surface area contributed by atoms with Gasteiger partial charge in [-0.05, 0) is 37.3 Å². The fourth-order valence-electron chi connectivity index (χ4n) is 2.86. The van der Waals surface area contributed by atoms with Crippen molar-refractivity contribution in [1.29, 1.82) is 0 Å². The number of nitrogens with zero attached hydrogens (tertiary/aromatic N) is 1. The van der Waals surface area contributed by atoms with Crippen LogP contribution >= 0.6 is 0 Å². The lowest BCUT2D eigenvalue weighted by atomic mass is 9.78. The van der Waals surface area contributed by atoms with Crippen LogP contribution in [-0.2, 0) is 0 Å². The van der Waals surface area contributed by atoms with Crippen molar-refractivity contribution in [2.24, 2.45) is 5.41 Å². The number of benzene rings is 1. The van der Waals surface area contributed by atoms with Crippen molar-refractivity contribution >= 4 is 5.69 Å². The first-order valence-corrected chi connectivity index (χ1v) is 7.18. The SMILES string of the molecule is CCC1(C)CCN(c2cccc(F)c2[C@@H](C)O)CC1. The maximum Gasteiger partial charge on any atom is 0.131 e. The van der Waals surface area contributed by atoms with Gasteiger partial charge in [-0.2, -0.15) is 0 Å². The van der Waals surface area contributed by atoms with Crippen molar-refractivity contribution in [3.05, 3.63) is 29.6 Å². The minimum Gasteiger partial charge on any atom is -0.389 e. The molecule has 0 radical (unpaired) electrons. The molecule has 1 saturated heterocycles. The second-order valence-corrected chi connectivity index (χ2v) is 6.00. The highest BCUT2D eigenvalue weighted by atomic mass is 19.1. The second-order valence-electron chi connectivity index (χ2n) is 6.00. The first-order valence-electron chi connectivity index (χ1n) is 7.18. The highest BCUT2D eigenvalue weighted by molar-refractivity contribution is 5.55. The van der Waals surface area contributed by atoms with Crippen molar-refractivity contribution in [3.8, 4) is 0 Å². The highest BCUT2D eigenvalue weighted by Gasteiger charge is 2.29. The molecular weight excluding hydrogens is 241 g/mol. The number of hydrogen-bond acceptors (Lipinski definition) is 2. The normalized spacial score (nSPS) is 20.4. The lowest BCUT2D eigenvalue weighted by molar-refractivity contribution is 0.193. The molecule has 0 aliphatic carbocycles. The molecule has 1 aromatic carbocycles. The van der Waals surface area contributed by atoms with Crippen molar-refractivity contribution in [2.75, 3.05) is 18.0 Å². The van der Waals surface area contributed by atoms with E-state index in [2.05, 4.69) is 18.7 Å². The third-order valence-electron chi connectivity index (χ3n) is 4.61. The first-order chi connectivity index (χ1) is 8.97. The van der Waals surface area contributed by atoms with Gasteiger partial charge in [0.1, 0.15) is 5.82 Å². The number of anilines is 1. The Balaban J connectivity index is 2.22. The minimum absolute atomic E-state index is 0.309. The molecule has 1 fully saturated rings. The Kier molecular flexibility index (Phi) is 4.14. The highest BCUT2D eigenvalue weighted by Crippen LogP contribution is 2.37. The van der Waals surface area contributed by atoms with Crippen molar-refractivity contribution in [2.45, 2.75) is 46.1 Å². The Morgan fingerprint density at radius 1 is 1.37 bits per heavy atom. The molecule has 1 heterocycles. The van der Waals surface area contributed by atoms with Crippen LogP contribution in [0.3, 0.4) is 0 Å². The van der Waals surface area contributed by atoms with E-state index in [0.717, 1.165) is 31.6 Å². The molecule has 1 aliphatic rings. The predicted molar refractivity (Wildman–Crippen MR) is 76.9 cm³/mol. The number of hydrogen-bond donors (Lipinski definition) is 1. The zero-order valence-corrected chi connectivity index (χ0v) is 12.1. The minimum atomic E-state index is -0.768. The Bertz CT molecular complexity index is 436. The predicted octanol–water partition coefficient (Wildman–Crippen LogP) is 3.90. The van der Waals surface area contributed by atoms with Crippen LogP contribution in [0, 0.1) is 11.2 Å². The van der Waals surface area contributed by atoms with Crippen LogP contribution in [0.5, 0.6) is 0 Å². The van der Waals surface area contributed by atoms with E-state index in [9.17, 15) is 9.50 Å². The molecule has 2 rings (SSSR count). The summed E-state index contributed by atoms with van der Waals surface area (Å²) in [5.41, 5.74) is 1.70. The van der Waals surface area contributed by atoms with Crippen molar-refractivity contribution < 1.29 is 9.50 Å². The van der Waals surface area contributed by atoms with Gasteiger partial charge in [0, 0.05) is 24.3 Å². The zero-order chi connectivity index (χ0) is 14.0. The smallest absolute Gasteiger partial charge is 0.131 e. The standard InChI is InChI=1S/C16H24FNO/c1-4-16(3)8-10-18(11-9-16)14-7-5-6-13(17)15(14)12(2)19/h5-7,12,19H,4,8-11H2,1-3H3/t12-/m1/s1. The van der Waals surface area contributed by atoms with E-state index in [0.29, 0.717) is 11.0 Å². The molecule has 2 nitrogen and oxygen atoms in total. The topological polar surface area (TPSA) is 23.5 Å². The van der Waals surface area contributed by atoms with Crippen LogP contribution in [0.25, 0.3) is 0 Å². The van der Waals surface area contributed by atoms with Crippen LogP contribution in [0.2, 0.25) is 0 Å². The third-order valence-corrected chi connectivity index (χ3v) is 4.61.